The van der Waals surface area contributed by atoms with Gasteiger partial charge in [-0.05, 0) is 31.4 Å². The third kappa shape index (κ3) is 7.43. The van der Waals surface area contributed by atoms with Crippen molar-refractivity contribution in [3.63, 3.8) is 0 Å². The fourth-order valence-corrected chi connectivity index (χ4v) is 5.45. The molecule has 2 rings (SSSR count). The Morgan fingerprint density at radius 3 is 2.52 bits per heavy atom. The highest BCUT2D eigenvalue weighted by atomic mass is 32.2. The maximum Gasteiger partial charge on any atom is 0.250 e. The van der Waals surface area contributed by atoms with Crippen LogP contribution in [-0.4, -0.2) is 40.0 Å². The van der Waals surface area contributed by atoms with Gasteiger partial charge >= 0.3 is 0 Å². The Morgan fingerprint density at radius 2 is 1.84 bits per heavy atom. The summed E-state index contributed by atoms with van der Waals surface area (Å²) in [5.41, 5.74) is 0. The van der Waals surface area contributed by atoms with Crippen LogP contribution in [0.3, 0.4) is 0 Å². The molecule has 6 nitrogen and oxygen atoms in total. The van der Waals surface area contributed by atoms with E-state index in [9.17, 15) is 13.2 Å². The summed E-state index contributed by atoms with van der Waals surface area (Å²) in [4.78, 5) is 11.8. The summed E-state index contributed by atoms with van der Waals surface area (Å²) in [5.74, 6) is -0.0766. The molecule has 3 N–H and O–H groups in total. The van der Waals surface area contributed by atoms with Gasteiger partial charge in [0.25, 0.3) is 0 Å². The predicted molar refractivity (Wildman–Crippen MR) is 101 cm³/mol. The Hall–Kier alpha value is -0.960. The van der Waals surface area contributed by atoms with Crippen LogP contribution in [0.2, 0.25) is 0 Å². The lowest BCUT2D eigenvalue weighted by molar-refractivity contribution is -0.118. The molecule has 0 saturated heterocycles. The van der Waals surface area contributed by atoms with Gasteiger partial charge in [-0.2, -0.15) is 0 Å². The molecule has 0 radical (unpaired) electrons. The second-order valence-electron chi connectivity index (χ2n) is 6.49. The van der Waals surface area contributed by atoms with Gasteiger partial charge in [-0.1, -0.05) is 25.7 Å². The van der Waals surface area contributed by atoms with Gasteiger partial charge in [0.1, 0.15) is 4.21 Å². The number of nitrogens with one attached hydrogen (secondary N) is 3. The smallest absolute Gasteiger partial charge is 0.250 e. The van der Waals surface area contributed by atoms with Crippen molar-refractivity contribution in [2.45, 2.75) is 62.1 Å². The van der Waals surface area contributed by atoms with Crippen LogP contribution in [0.15, 0.2) is 16.3 Å². The Kier molecular flexibility index (Phi) is 8.35. The van der Waals surface area contributed by atoms with Gasteiger partial charge in [0.2, 0.25) is 15.9 Å². The molecule has 1 aliphatic carbocycles. The lowest BCUT2D eigenvalue weighted by Crippen LogP contribution is -2.36. The topological polar surface area (TPSA) is 87.3 Å². The molecule has 1 heterocycles. The molecule has 8 heteroatoms. The first kappa shape index (κ1) is 20.4. The second kappa shape index (κ2) is 10.3. The van der Waals surface area contributed by atoms with E-state index < -0.39 is 10.0 Å². The SMILES string of the molecule is CC(=O)NCCc1ccc(S(=O)(=O)NCCNC2CCCCCC2)s1. The number of hydrogen-bond donors (Lipinski definition) is 3. The lowest BCUT2D eigenvalue weighted by Gasteiger charge is -2.16. The van der Waals surface area contributed by atoms with Gasteiger partial charge in [0.05, 0.1) is 0 Å². The van der Waals surface area contributed by atoms with E-state index in [-0.39, 0.29) is 5.91 Å². The minimum absolute atomic E-state index is 0.0766. The van der Waals surface area contributed by atoms with Gasteiger partial charge in [0, 0.05) is 37.5 Å². The van der Waals surface area contributed by atoms with Crippen LogP contribution in [0.25, 0.3) is 0 Å². The van der Waals surface area contributed by atoms with E-state index >= 15 is 0 Å². The van der Waals surface area contributed by atoms with Crippen LogP contribution in [0.4, 0.5) is 0 Å². The van der Waals surface area contributed by atoms with Crippen molar-refractivity contribution in [3.05, 3.63) is 17.0 Å². The fraction of sp³-hybridized carbons (Fsp3) is 0.706. The molecule has 142 valence electrons. The fourth-order valence-electron chi connectivity index (χ4n) is 3.02. The molecule has 0 aromatic carbocycles. The van der Waals surface area contributed by atoms with Crippen molar-refractivity contribution in [1.29, 1.82) is 0 Å². The van der Waals surface area contributed by atoms with Crippen molar-refractivity contribution in [1.82, 2.24) is 15.4 Å². The number of carbonyl (C=O) groups is 1. The van der Waals surface area contributed by atoms with Crippen LogP contribution in [-0.2, 0) is 21.2 Å². The van der Waals surface area contributed by atoms with Gasteiger partial charge in [0.15, 0.2) is 0 Å². The zero-order valence-corrected chi connectivity index (χ0v) is 16.5. The highest BCUT2D eigenvalue weighted by Crippen LogP contribution is 2.21. The number of hydrogen-bond acceptors (Lipinski definition) is 5. The summed E-state index contributed by atoms with van der Waals surface area (Å²) in [5, 5.41) is 6.18. The molecule has 1 aromatic rings. The largest absolute Gasteiger partial charge is 0.356 e. The van der Waals surface area contributed by atoms with Crippen molar-refractivity contribution in [2.24, 2.45) is 0 Å². The maximum atomic E-state index is 12.3. The van der Waals surface area contributed by atoms with Crippen LogP contribution in [0.5, 0.6) is 0 Å². The summed E-state index contributed by atoms with van der Waals surface area (Å²) in [6.07, 6.45) is 8.17. The molecule has 0 spiro atoms. The zero-order chi connectivity index (χ0) is 18.1. The summed E-state index contributed by atoms with van der Waals surface area (Å²) in [7, 11) is -3.45. The van der Waals surface area contributed by atoms with Crippen molar-refractivity contribution in [2.75, 3.05) is 19.6 Å². The first-order chi connectivity index (χ1) is 12.0. The van der Waals surface area contributed by atoms with E-state index in [2.05, 4.69) is 15.4 Å². The zero-order valence-electron chi connectivity index (χ0n) is 14.8. The second-order valence-corrected chi connectivity index (χ2v) is 9.66. The Labute approximate surface area is 154 Å². The molecule has 1 saturated carbocycles. The number of amides is 1. The summed E-state index contributed by atoms with van der Waals surface area (Å²) >= 11 is 1.26. The number of sulfonamides is 1. The first-order valence-corrected chi connectivity index (χ1v) is 11.3. The van der Waals surface area contributed by atoms with E-state index in [4.69, 9.17) is 0 Å². The molecule has 1 aliphatic rings. The molecule has 0 unspecified atom stereocenters. The summed E-state index contributed by atoms with van der Waals surface area (Å²) in [6.45, 7) is 3.05. The number of carbonyl (C=O) groups excluding carboxylic acids is 1. The number of thiophene rings is 1. The Bertz CT molecular complexity index is 635. The third-order valence-electron chi connectivity index (χ3n) is 4.35. The maximum absolute atomic E-state index is 12.3. The summed E-state index contributed by atoms with van der Waals surface area (Å²) < 4.78 is 27.7. The quantitative estimate of drug-likeness (QED) is 0.447. The van der Waals surface area contributed by atoms with Gasteiger partial charge in [-0.25, -0.2) is 13.1 Å². The van der Waals surface area contributed by atoms with Crippen molar-refractivity contribution >= 4 is 27.3 Å². The molecule has 1 amide bonds. The third-order valence-corrected chi connectivity index (χ3v) is 7.45. The Balaban J connectivity index is 1.73. The minimum Gasteiger partial charge on any atom is -0.356 e. The van der Waals surface area contributed by atoms with Crippen molar-refractivity contribution in [3.8, 4) is 0 Å². The molecule has 0 bridgehead atoms. The average Bonchev–Trinajstić information content (AvgIpc) is 2.88. The molecule has 1 fully saturated rings. The average molecular weight is 388 g/mol. The van der Waals surface area contributed by atoms with E-state index in [0.29, 0.717) is 36.3 Å². The van der Waals surface area contributed by atoms with Crippen LogP contribution in [0, 0.1) is 0 Å². The molecule has 0 aliphatic heterocycles. The summed E-state index contributed by atoms with van der Waals surface area (Å²) in [6, 6.07) is 3.97. The van der Waals surface area contributed by atoms with E-state index in [1.807, 2.05) is 6.07 Å². The van der Waals surface area contributed by atoms with Gasteiger partial charge in [-0.15, -0.1) is 11.3 Å². The van der Waals surface area contributed by atoms with E-state index in [0.717, 1.165) is 4.88 Å². The lowest BCUT2D eigenvalue weighted by atomic mass is 10.1. The van der Waals surface area contributed by atoms with Crippen LogP contribution in [0.1, 0.15) is 50.3 Å². The standard InChI is InChI=1S/C17H29N3O3S2/c1-14(21)18-11-10-16-8-9-17(24-16)25(22,23)20-13-12-19-15-6-4-2-3-5-7-15/h8-9,15,19-20H,2-7,10-13H2,1H3,(H,18,21). The molecular weight excluding hydrogens is 358 g/mol. The van der Waals surface area contributed by atoms with E-state index in [1.165, 1.54) is 56.8 Å². The van der Waals surface area contributed by atoms with Gasteiger partial charge < -0.3 is 10.6 Å². The highest BCUT2D eigenvalue weighted by Gasteiger charge is 2.17. The van der Waals surface area contributed by atoms with Crippen LogP contribution >= 0.6 is 11.3 Å². The molecule has 25 heavy (non-hydrogen) atoms. The molecule has 0 atom stereocenters. The Morgan fingerprint density at radius 1 is 1.12 bits per heavy atom. The van der Waals surface area contributed by atoms with Crippen LogP contribution < -0.4 is 15.4 Å². The van der Waals surface area contributed by atoms with Crippen molar-refractivity contribution < 1.29 is 13.2 Å². The number of rotatable bonds is 9. The minimum atomic E-state index is -3.45. The first-order valence-electron chi connectivity index (χ1n) is 9.03. The monoisotopic (exact) mass is 387 g/mol. The normalized spacial score (nSPS) is 16.5. The highest BCUT2D eigenvalue weighted by molar-refractivity contribution is 7.91. The van der Waals surface area contributed by atoms with E-state index in [1.54, 1.807) is 6.07 Å². The predicted octanol–water partition coefficient (Wildman–Crippen LogP) is 2.02. The van der Waals surface area contributed by atoms with Gasteiger partial charge in [-0.3, -0.25) is 4.79 Å². The molecule has 1 aromatic heterocycles. The molecular formula is C17H29N3O3S2.